The summed E-state index contributed by atoms with van der Waals surface area (Å²) in [6.07, 6.45) is 2.66. The van der Waals surface area contributed by atoms with Gasteiger partial charge in [-0.2, -0.15) is 5.26 Å². The van der Waals surface area contributed by atoms with Crippen molar-refractivity contribution in [1.82, 2.24) is 4.98 Å². The Morgan fingerprint density at radius 2 is 1.96 bits per heavy atom. The minimum Gasteiger partial charge on any atom is -0.494 e. The van der Waals surface area contributed by atoms with Gasteiger partial charge in [0, 0.05) is 22.8 Å². The fraction of sp³-hybridized carbons (Fsp3) is 0.182. The molecule has 2 aromatic carbocycles. The molecule has 5 heteroatoms. The predicted octanol–water partition coefficient (Wildman–Crippen LogP) is 5.75. The zero-order chi connectivity index (χ0) is 19.1. The first-order valence-electron chi connectivity index (χ1n) is 8.89. The van der Waals surface area contributed by atoms with E-state index in [2.05, 4.69) is 29.4 Å². The van der Waals surface area contributed by atoms with Crippen molar-refractivity contribution in [3.63, 3.8) is 0 Å². The van der Waals surface area contributed by atoms with Gasteiger partial charge in [0.05, 0.1) is 12.3 Å². The quantitative estimate of drug-likeness (QED) is 0.534. The first kappa shape index (κ1) is 18.7. The van der Waals surface area contributed by atoms with Crippen molar-refractivity contribution in [2.75, 3.05) is 11.9 Å². The van der Waals surface area contributed by atoms with Crippen molar-refractivity contribution in [2.45, 2.75) is 20.3 Å². The highest BCUT2D eigenvalue weighted by atomic mass is 32.1. The number of hydrogen-bond donors (Lipinski definition) is 1. The molecule has 0 aliphatic rings. The summed E-state index contributed by atoms with van der Waals surface area (Å²) in [6, 6.07) is 18.2. The molecular weight excluding hydrogens is 354 g/mol. The largest absolute Gasteiger partial charge is 0.494 e. The number of thiazole rings is 1. The van der Waals surface area contributed by atoms with Gasteiger partial charge >= 0.3 is 0 Å². The van der Waals surface area contributed by atoms with Gasteiger partial charge in [-0.25, -0.2) is 4.98 Å². The number of ether oxygens (including phenoxy) is 1. The lowest BCUT2D eigenvalue weighted by Crippen LogP contribution is -1.95. The molecule has 4 nitrogen and oxygen atoms in total. The van der Waals surface area contributed by atoms with Crippen molar-refractivity contribution in [3.05, 3.63) is 70.7 Å². The summed E-state index contributed by atoms with van der Waals surface area (Å²) in [4.78, 5) is 4.63. The normalized spacial score (nSPS) is 11.1. The van der Waals surface area contributed by atoms with E-state index in [0.29, 0.717) is 17.2 Å². The van der Waals surface area contributed by atoms with Crippen LogP contribution in [0.25, 0.3) is 16.8 Å². The number of rotatable bonds is 7. The first-order valence-corrected chi connectivity index (χ1v) is 9.77. The molecule has 0 saturated heterocycles. The van der Waals surface area contributed by atoms with E-state index >= 15 is 0 Å². The maximum absolute atomic E-state index is 9.55. The van der Waals surface area contributed by atoms with Gasteiger partial charge in [0.15, 0.2) is 0 Å². The maximum Gasteiger partial charge on any atom is 0.136 e. The van der Waals surface area contributed by atoms with Crippen LogP contribution in [-0.4, -0.2) is 11.6 Å². The van der Waals surface area contributed by atoms with Gasteiger partial charge < -0.3 is 10.1 Å². The number of allylic oxidation sites excluding steroid dienone is 1. The molecule has 0 aliphatic carbocycles. The summed E-state index contributed by atoms with van der Waals surface area (Å²) in [5.41, 5.74) is 4.59. The summed E-state index contributed by atoms with van der Waals surface area (Å²) in [5, 5.41) is 15.5. The fourth-order valence-corrected chi connectivity index (χ4v) is 3.47. The third-order valence-electron chi connectivity index (χ3n) is 4.09. The van der Waals surface area contributed by atoms with Crippen LogP contribution >= 0.6 is 11.3 Å². The number of aryl methyl sites for hydroxylation is 1. The second-order valence-corrected chi connectivity index (χ2v) is 6.68. The molecule has 0 radical (unpaired) electrons. The van der Waals surface area contributed by atoms with E-state index in [1.54, 1.807) is 6.20 Å². The van der Waals surface area contributed by atoms with E-state index in [4.69, 9.17) is 4.74 Å². The SMILES string of the molecule is CCOc1ccc(-c2csc(C(C#N)=CNc3ccccc3CC)n2)cc1. The Labute approximate surface area is 163 Å². The second kappa shape index (κ2) is 9.02. The number of nitrogens with zero attached hydrogens (tertiary/aromatic N) is 2. The highest BCUT2D eigenvalue weighted by Gasteiger charge is 2.09. The Kier molecular flexibility index (Phi) is 6.24. The highest BCUT2D eigenvalue weighted by molar-refractivity contribution is 7.11. The van der Waals surface area contributed by atoms with Crippen LogP contribution in [0.3, 0.4) is 0 Å². The lowest BCUT2D eigenvalue weighted by atomic mass is 10.1. The topological polar surface area (TPSA) is 57.9 Å². The van der Waals surface area contributed by atoms with Crippen molar-refractivity contribution in [3.8, 4) is 23.1 Å². The van der Waals surface area contributed by atoms with Crippen molar-refractivity contribution < 1.29 is 4.74 Å². The third kappa shape index (κ3) is 4.55. The van der Waals surface area contributed by atoms with Gasteiger partial charge in [0.25, 0.3) is 0 Å². The molecular formula is C22H21N3OS. The Balaban J connectivity index is 1.80. The van der Waals surface area contributed by atoms with Crippen molar-refractivity contribution in [2.24, 2.45) is 0 Å². The summed E-state index contributed by atoms with van der Waals surface area (Å²) < 4.78 is 5.47. The van der Waals surface area contributed by atoms with Gasteiger partial charge in [0.1, 0.15) is 22.4 Å². The van der Waals surface area contributed by atoms with Crippen LogP contribution in [0, 0.1) is 11.3 Å². The molecule has 0 spiro atoms. The van der Waals surface area contributed by atoms with E-state index in [1.165, 1.54) is 16.9 Å². The van der Waals surface area contributed by atoms with Gasteiger partial charge in [-0.15, -0.1) is 11.3 Å². The first-order chi connectivity index (χ1) is 13.2. The molecule has 3 aromatic rings. The molecule has 3 rings (SSSR count). The lowest BCUT2D eigenvalue weighted by molar-refractivity contribution is 0.340. The molecule has 136 valence electrons. The van der Waals surface area contributed by atoms with Crippen LogP contribution in [0.1, 0.15) is 24.4 Å². The molecule has 0 saturated carbocycles. The van der Waals surface area contributed by atoms with Crippen molar-refractivity contribution >= 4 is 22.6 Å². The summed E-state index contributed by atoms with van der Waals surface area (Å²) in [6.45, 7) is 4.72. The van der Waals surface area contributed by atoms with Crippen LogP contribution in [0.4, 0.5) is 5.69 Å². The minimum atomic E-state index is 0.517. The third-order valence-corrected chi connectivity index (χ3v) is 4.96. The van der Waals surface area contributed by atoms with E-state index in [0.717, 1.165) is 29.1 Å². The average molecular weight is 375 g/mol. The molecule has 1 N–H and O–H groups in total. The Morgan fingerprint density at radius 3 is 2.67 bits per heavy atom. The van der Waals surface area contributed by atoms with Gasteiger partial charge in [-0.1, -0.05) is 25.1 Å². The fourth-order valence-electron chi connectivity index (χ4n) is 2.68. The zero-order valence-electron chi connectivity index (χ0n) is 15.4. The van der Waals surface area contributed by atoms with Gasteiger partial charge in [-0.05, 0) is 49.2 Å². The number of benzene rings is 2. The number of nitrogens with one attached hydrogen (secondary N) is 1. The molecule has 1 heterocycles. The van der Waals surface area contributed by atoms with E-state index < -0.39 is 0 Å². The molecule has 27 heavy (non-hydrogen) atoms. The van der Waals surface area contributed by atoms with Crippen LogP contribution in [0.15, 0.2) is 60.1 Å². The van der Waals surface area contributed by atoms with Crippen LogP contribution in [0.5, 0.6) is 5.75 Å². The van der Waals surface area contributed by atoms with Crippen molar-refractivity contribution in [1.29, 1.82) is 5.26 Å². The number of aromatic nitrogens is 1. The average Bonchev–Trinajstić information content (AvgIpc) is 3.19. The Morgan fingerprint density at radius 1 is 1.19 bits per heavy atom. The Bertz CT molecular complexity index is 968. The van der Waals surface area contributed by atoms with E-state index in [-0.39, 0.29) is 0 Å². The molecule has 0 unspecified atom stereocenters. The van der Waals surface area contributed by atoms with Crippen LogP contribution < -0.4 is 10.1 Å². The van der Waals surface area contributed by atoms with Gasteiger partial charge in [0.2, 0.25) is 0 Å². The number of nitriles is 1. The summed E-state index contributed by atoms with van der Waals surface area (Å²) >= 11 is 1.46. The monoisotopic (exact) mass is 375 g/mol. The van der Waals surface area contributed by atoms with Crippen LogP contribution in [0.2, 0.25) is 0 Å². The molecule has 0 atom stereocenters. The van der Waals surface area contributed by atoms with Gasteiger partial charge in [-0.3, -0.25) is 0 Å². The standard InChI is InChI=1S/C22H21N3OS/c1-3-16-7-5-6-8-20(16)24-14-18(13-23)22-25-21(15-27-22)17-9-11-19(12-10-17)26-4-2/h5-12,14-15,24H,3-4H2,1-2H3. The smallest absolute Gasteiger partial charge is 0.136 e. The number of para-hydroxylation sites is 1. The minimum absolute atomic E-state index is 0.517. The number of anilines is 1. The lowest BCUT2D eigenvalue weighted by Gasteiger charge is -2.07. The summed E-state index contributed by atoms with van der Waals surface area (Å²) in [7, 11) is 0. The second-order valence-electron chi connectivity index (χ2n) is 5.82. The maximum atomic E-state index is 9.55. The molecule has 0 bridgehead atoms. The molecule has 0 amide bonds. The molecule has 0 aliphatic heterocycles. The highest BCUT2D eigenvalue weighted by Crippen LogP contribution is 2.27. The molecule has 1 aromatic heterocycles. The molecule has 0 fully saturated rings. The van der Waals surface area contributed by atoms with E-state index in [1.807, 2.05) is 54.8 Å². The predicted molar refractivity (Wildman–Crippen MR) is 112 cm³/mol. The zero-order valence-corrected chi connectivity index (χ0v) is 16.2. The Hall–Kier alpha value is -3.10. The number of hydrogen-bond acceptors (Lipinski definition) is 5. The van der Waals surface area contributed by atoms with E-state index in [9.17, 15) is 5.26 Å². The summed E-state index contributed by atoms with van der Waals surface area (Å²) in [5.74, 6) is 0.841. The van der Waals surface area contributed by atoms with Crippen LogP contribution in [-0.2, 0) is 6.42 Å².